The Morgan fingerprint density at radius 3 is 2.07 bits per heavy atom. The molecule has 0 spiro atoms. The predicted octanol–water partition coefficient (Wildman–Crippen LogP) is 4.55. The number of phenols is 1. The average molecular weight is 403 g/mol. The van der Waals surface area contributed by atoms with E-state index in [-0.39, 0.29) is 5.75 Å². The predicted molar refractivity (Wildman–Crippen MR) is 115 cm³/mol. The second-order valence-corrected chi connectivity index (χ2v) is 7.55. The van der Waals surface area contributed by atoms with Gasteiger partial charge in [0.15, 0.2) is 0 Å². The number of thiazole rings is 1. The van der Waals surface area contributed by atoms with Gasteiger partial charge in [-0.1, -0.05) is 6.07 Å². The van der Waals surface area contributed by atoms with Crippen LogP contribution in [0.3, 0.4) is 0 Å². The molecule has 2 amide bonds. The summed E-state index contributed by atoms with van der Waals surface area (Å²) in [5.74, 6) is -1.49. The number of nitrogens with zero attached hydrogens (tertiary/aromatic N) is 1. The molecule has 29 heavy (non-hydrogen) atoms. The van der Waals surface area contributed by atoms with E-state index in [1.165, 1.54) is 29.8 Å². The fraction of sp³-hybridized carbons (Fsp3) is 0.0455. The van der Waals surface area contributed by atoms with Gasteiger partial charge in [0.1, 0.15) is 10.8 Å². The maximum atomic E-state index is 12.1. The van der Waals surface area contributed by atoms with Gasteiger partial charge in [-0.2, -0.15) is 0 Å². The molecule has 1 heterocycles. The number of carbonyl (C=O) groups excluding carboxylic acids is 2. The Hall–Kier alpha value is -3.71. The maximum absolute atomic E-state index is 12.1. The van der Waals surface area contributed by atoms with Crippen molar-refractivity contribution in [3.8, 4) is 16.3 Å². The number of benzene rings is 3. The Kier molecular flexibility index (Phi) is 4.97. The van der Waals surface area contributed by atoms with Crippen molar-refractivity contribution >= 4 is 44.7 Å². The number of aryl methyl sites for hydroxylation is 1. The van der Waals surface area contributed by atoms with E-state index in [1.54, 1.807) is 23.5 Å². The molecule has 4 aromatic rings. The molecule has 6 nitrogen and oxygen atoms in total. The summed E-state index contributed by atoms with van der Waals surface area (Å²) in [5, 5.41) is 15.2. The van der Waals surface area contributed by atoms with Gasteiger partial charge in [0.25, 0.3) is 0 Å². The highest BCUT2D eigenvalue weighted by Crippen LogP contribution is 2.31. The molecule has 7 heteroatoms. The molecule has 0 atom stereocenters. The van der Waals surface area contributed by atoms with Crippen molar-refractivity contribution in [1.29, 1.82) is 0 Å². The first-order valence-corrected chi connectivity index (χ1v) is 9.68. The molecule has 4 rings (SSSR count). The van der Waals surface area contributed by atoms with E-state index >= 15 is 0 Å². The van der Waals surface area contributed by atoms with Crippen molar-refractivity contribution in [2.75, 3.05) is 10.6 Å². The van der Waals surface area contributed by atoms with E-state index in [9.17, 15) is 14.7 Å². The highest BCUT2D eigenvalue weighted by molar-refractivity contribution is 7.21. The summed E-state index contributed by atoms with van der Waals surface area (Å²) in [5.41, 5.74) is 4.02. The second kappa shape index (κ2) is 7.73. The fourth-order valence-electron chi connectivity index (χ4n) is 2.77. The average Bonchev–Trinajstić information content (AvgIpc) is 3.13. The van der Waals surface area contributed by atoms with Crippen LogP contribution in [0.2, 0.25) is 0 Å². The van der Waals surface area contributed by atoms with Crippen LogP contribution in [0.15, 0.2) is 66.7 Å². The number of rotatable bonds is 3. The molecule has 0 radical (unpaired) electrons. The Balaban J connectivity index is 1.43. The van der Waals surface area contributed by atoms with Crippen LogP contribution in [-0.2, 0) is 9.59 Å². The molecule has 0 aliphatic heterocycles. The summed E-state index contributed by atoms with van der Waals surface area (Å²) in [4.78, 5) is 28.8. The van der Waals surface area contributed by atoms with Crippen LogP contribution in [-0.4, -0.2) is 21.9 Å². The second-order valence-electron chi connectivity index (χ2n) is 6.52. The van der Waals surface area contributed by atoms with Gasteiger partial charge in [-0.25, -0.2) is 4.98 Å². The summed E-state index contributed by atoms with van der Waals surface area (Å²) < 4.78 is 1.13. The van der Waals surface area contributed by atoms with Crippen LogP contribution < -0.4 is 10.6 Å². The minimum atomic E-state index is -0.790. The van der Waals surface area contributed by atoms with E-state index in [0.29, 0.717) is 11.4 Å². The fourth-order valence-corrected chi connectivity index (χ4v) is 3.84. The third kappa shape index (κ3) is 4.25. The Morgan fingerprint density at radius 1 is 0.862 bits per heavy atom. The SMILES string of the molecule is Cc1ccc2nc(-c3ccc(NC(=O)C(=O)Nc4ccc(O)cc4)cc3)sc2c1. The number of carbonyl (C=O) groups is 2. The van der Waals surface area contributed by atoms with Gasteiger partial charge in [0.2, 0.25) is 0 Å². The molecule has 0 saturated carbocycles. The van der Waals surface area contributed by atoms with Gasteiger partial charge in [0.05, 0.1) is 10.2 Å². The number of hydrogen-bond donors (Lipinski definition) is 3. The summed E-state index contributed by atoms with van der Waals surface area (Å²) in [7, 11) is 0. The van der Waals surface area contributed by atoms with E-state index in [4.69, 9.17) is 0 Å². The summed E-state index contributed by atoms with van der Waals surface area (Å²) in [6, 6.07) is 19.2. The van der Waals surface area contributed by atoms with Crippen LogP contribution >= 0.6 is 11.3 Å². The summed E-state index contributed by atoms with van der Waals surface area (Å²) in [6.45, 7) is 2.05. The van der Waals surface area contributed by atoms with E-state index in [2.05, 4.69) is 21.7 Å². The minimum absolute atomic E-state index is 0.0794. The van der Waals surface area contributed by atoms with E-state index in [1.807, 2.05) is 31.2 Å². The molecule has 1 aromatic heterocycles. The molecule has 144 valence electrons. The summed E-state index contributed by atoms with van der Waals surface area (Å²) >= 11 is 1.61. The highest BCUT2D eigenvalue weighted by atomic mass is 32.1. The van der Waals surface area contributed by atoms with Gasteiger partial charge in [-0.15, -0.1) is 11.3 Å². The molecule has 3 N–H and O–H groups in total. The van der Waals surface area contributed by atoms with Crippen LogP contribution in [0.25, 0.3) is 20.8 Å². The van der Waals surface area contributed by atoms with Crippen LogP contribution in [0.4, 0.5) is 11.4 Å². The lowest BCUT2D eigenvalue weighted by Crippen LogP contribution is -2.29. The van der Waals surface area contributed by atoms with Gasteiger partial charge in [0, 0.05) is 16.9 Å². The van der Waals surface area contributed by atoms with Crippen LogP contribution in [0.1, 0.15) is 5.56 Å². The first-order chi connectivity index (χ1) is 14.0. The van der Waals surface area contributed by atoms with Gasteiger partial charge in [-0.3, -0.25) is 9.59 Å². The minimum Gasteiger partial charge on any atom is -0.508 e. The Morgan fingerprint density at radius 2 is 1.45 bits per heavy atom. The first kappa shape index (κ1) is 18.6. The van der Waals surface area contributed by atoms with Crippen molar-refractivity contribution < 1.29 is 14.7 Å². The lowest BCUT2D eigenvalue weighted by atomic mass is 10.2. The molecule has 0 aliphatic rings. The molecule has 0 aliphatic carbocycles. The topological polar surface area (TPSA) is 91.3 Å². The quantitative estimate of drug-likeness (QED) is 0.346. The molecule has 0 unspecified atom stereocenters. The number of fused-ring (bicyclic) bond motifs is 1. The van der Waals surface area contributed by atoms with Crippen molar-refractivity contribution in [3.63, 3.8) is 0 Å². The van der Waals surface area contributed by atoms with Crippen molar-refractivity contribution in [1.82, 2.24) is 4.98 Å². The zero-order valence-corrected chi connectivity index (χ0v) is 16.3. The van der Waals surface area contributed by atoms with Gasteiger partial charge < -0.3 is 15.7 Å². The standard InChI is InChI=1S/C22H17N3O3S/c1-13-2-11-18-19(12-13)29-22(25-18)14-3-5-15(6-4-14)23-20(27)21(28)24-16-7-9-17(26)10-8-16/h2-12,26H,1H3,(H,23,27)(H,24,28). The molecule has 0 fully saturated rings. The number of anilines is 2. The lowest BCUT2D eigenvalue weighted by Gasteiger charge is -2.07. The number of aromatic nitrogens is 1. The third-order valence-corrected chi connectivity index (χ3v) is 5.33. The summed E-state index contributed by atoms with van der Waals surface area (Å²) in [6.07, 6.45) is 0. The van der Waals surface area contributed by atoms with Crippen molar-refractivity contribution in [2.24, 2.45) is 0 Å². The number of nitrogens with one attached hydrogen (secondary N) is 2. The Labute approximate surface area is 170 Å². The zero-order chi connectivity index (χ0) is 20.4. The monoisotopic (exact) mass is 403 g/mol. The van der Waals surface area contributed by atoms with Crippen LogP contribution in [0.5, 0.6) is 5.75 Å². The smallest absolute Gasteiger partial charge is 0.314 e. The van der Waals surface area contributed by atoms with Crippen LogP contribution in [0, 0.1) is 6.92 Å². The number of hydrogen-bond acceptors (Lipinski definition) is 5. The highest BCUT2D eigenvalue weighted by Gasteiger charge is 2.14. The molecule has 3 aromatic carbocycles. The number of amides is 2. The van der Waals surface area contributed by atoms with Crippen molar-refractivity contribution in [3.05, 3.63) is 72.3 Å². The lowest BCUT2D eigenvalue weighted by molar-refractivity contribution is -0.132. The largest absolute Gasteiger partial charge is 0.508 e. The molecule has 0 bridgehead atoms. The molecule has 0 saturated heterocycles. The van der Waals surface area contributed by atoms with E-state index in [0.717, 1.165) is 20.8 Å². The van der Waals surface area contributed by atoms with Gasteiger partial charge in [-0.05, 0) is 73.2 Å². The molecular weight excluding hydrogens is 386 g/mol. The zero-order valence-electron chi connectivity index (χ0n) is 15.5. The number of phenolic OH excluding ortho intramolecular Hbond substituents is 1. The normalized spacial score (nSPS) is 10.7. The van der Waals surface area contributed by atoms with E-state index < -0.39 is 11.8 Å². The molecular formula is C22H17N3O3S. The first-order valence-electron chi connectivity index (χ1n) is 8.87. The van der Waals surface area contributed by atoms with Gasteiger partial charge >= 0.3 is 11.8 Å². The van der Waals surface area contributed by atoms with Crippen molar-refractivity contribution in [2.45, 2.75) is 6.92 Å². The number of aromatic hydroxyl groups is 1. The third-order valence-electron chi connectivity index (χ3n) is 4.27. The maximum Gasteiger partial charge on any atom is 0.314 e. The Bertz CT molecular complexity index is 1200.